The molecule has 0 aliphatic heterocycles. The van der Waals surface area contributed by atoms with Crippen LogP contribution in [0.4, 0.5) is 0 Å². The van der Waals surface area contributed by atoms with Gasteiger partial charge in [0.2, 0.25) is 11.8 Å². The van der Waals surface area contributed by atoms with Crippen LogP contribution in [0.1, 0.15) is 104 Å². The number of ketones is 1. The van der Waals surface area contributed by atoms with Crippen LogP contribution in [0.3, 0.4) is 0 Å². The second-order valence-corrected chi connectivity index (χ2v) is 8.07. The van der Waals surface area contributed by atoms with Crippen molar-refractivity contribution in [3.05, 3.63) is 0 Å². The van der Waals surface area contributed by atoms with E-state index in [-0.39, 0.29) is 29.9 Å². The third-order valence-corrected chi connectivity index (χ3v) is 5.19. The summed E-state index contributed by atoms with van der Waals surface area (Å²) in [5.41, 5.74) is 0. The molecule has 2 unspecified atom stereocenters. The smallest absolute Gasteiger partial charge is 0.221 e. The number of hydrogen-bond donors (Lipinski definition) is 2. The normalized spacial score (nSPS) is 12.8. The second kappa shape index (κ2) is 18.3. The van der Waals surface area contributed by atoms with Crippen molar-refractivity contribution in [2.45, 2.75) is 110 Å². The van der Waals surface area contributed by atoms with Gasteiger partial charge in [0.05, 0.1) is 6.04 Å². The Morgan fingerprint density at radius 1 is 0.828 bits per heavy atom. The first-order valence-corrected chi connectivity index (χ1v) is 11.4. The van der Waals surface area contributed by atoms with Crippen molar-refractivity contribution in [1.82, 2.24) is 10.6 Å². The Kier molecular flexibility index (Phi) is 17.2. The van der Waals surface area contributed by atoms with Crippen LogP contribution >= 0.6 is 0 Å². The van der Waals surface area contributed by atoms with Crippen LogP contribution in [0.15, 0.2) is 0 Å². The molecule has 2 N–H and O–H groups in total. The zero-order valence-electron chi connectivity index (χ0n) is 18.8. The molecule has 0 saturated carbocycles. The van der Waals surface area contributed by atoms with Gasteiger partial charge in [0.1, 0.15) is 6.29 Å². The SMILES string of the molecule is CCCCCCCCCCC(C=O)CC(=O)NC(CCCCNC(C)=O)C(C)=O. The van der Waals surface area contributed by atoms with E-state index in [9.17, 15) is 19.2 Å². The van der Waals surface area contributed by atoms with Crippen molar-refractivity contribution in [3.63, 3.8) is 0 Å². The monoisotopic (exact) mass is 410 g/mol. The quantitative estimate of drug-likeness (QED) is 0.248. The molecule has 0 heterocycles. The van der Waals surface area contributed by atoms with Crippen LogP contribution in [0.25, 0.3) is 0 Å². The van der Waals surface area contributed by atoms with E-state index >= 15 is 0 Å². The molecule has 0 aromatic heterocycles. The zero-order chi connectivity index (χ0) is 21.9. The number of Topliss-reactive ketones (excluding diaryl/α,β-unsaturated/α-hetero) is 1. The van der Waals surface area contributed by atoms with Crippen molar-refractivity contribution in [2.75, 3.05) is 6.54 Å². The fraction of sp³-hybridized carbons (Fsp3) is 0.826. The topological polar surface area (TPSA) is 92.3 Å². The number of amides is 2. The molecule has 0 aliphatic carbocycles. The minimum atomic E-state index is -0.518. The Bertz CT molecular complexity index is 479. The van der Waals surface area contributed by atoms with E-state index < -0.39 is 6.04 Å². The fourth-order valence-electron chi connectivity index (χ4n) is 3.36. The lowest BCUT2D eigenvalue weighted by molar-refractivity contribution is -0.128. The molecule has 0 aromatic carbocycles. The Morgan fingerprint density at radius 2 is 1.41 bits per heavy atom. The van der Waals surface area contributed by atoms with Gasteiger partial charge in [0, 0.05) is 25.8 Å². The minimum absolute atomic E-state index is 0.0715. The molecule has 2 atom stereocenters. The third-order valence-electron chi connectivity index (χ3n) is 5.19. The Labute approximate surface area is 177 Å². The Hall–Kier alpha value is -1.72. The summed E-state index contributed by atoms with van der Waals surface area (Å²) in [4.78, 5) is 46.2. The van der Waals surface area contributed by atoms with Gasteiger partial charge in [-0.25, -0.2) is 0 Å². The summed E-state index contributed by atoms with van der Waals surface area (Å²) >= 11 is 0. The molecule has 0 rings (SSSR count). The number of hydrogen-bond acceptors (Lipinski definition) is 4. The molecule has 0 fully saturated rings. The van der Waals surface area contributed by atoms with Crippen LogP contribution in [0.2, 0.25) is 0 Å². The molecule has 0 bridgehead atoms. The molecule has 29 heavy (non-hydrogen) atoms. The molecular formula is C23H42N2O4. The van der Waals surface area contributed by atoms with Crippen molar-refractivity contribution in [1.29, 1.82) is 0 Å². The summed E-state index contributed by atoms with van der Waals surface area (Å²) in [6.45, 7) is 5.72. The van der Waals surface area contributed by atoms with Gasteiger partial charge in [-0.2, -0.15) is 0 Å². The van der Waals surface area contributed by atoms with Crippen molar-refractivity contribution in [2.24, 2.45) is 5.92 Å². The minimum Gasteiger partial charge on any atom is -0.356 e. The lowest BCUT2D eigenvalue weighted by atomic mass is 9.97. The second-order valence-electron chi connectivity index (χ2n) is 8.07. The van der Waals surface area contributed by atoms with Gasteiger partial charge in [-0.15, -0.1) is 0 Å². The van der Waals surface area contributed by atoms with Crippen LogP contribution < -0.4 is 10.6 Å². The highest BCUT2D eigenvalue weighted by Gasteiger charge is 2.19. The van der Waals surface area contributed by atoms with Gasteiger partial charge in [-0.3, -0.25) is 14.4 Å². The summed E-state index contributed by atoms with van der Waals surface area (Å²) in [5, 5.41) is 5.49. The van der Waals surface area contributed by atoms with E-state index in [1.807, 2.05) is 0 Å². The summed E-state index contributed by atoms with van der Waals surface area (Å²) in [7, 11) is 0. The first-order valence-electron chi connectivity index (χ1n) is 11.4. The molecule has 0 saturated heterocycles. The van der Waals surface area contributed by atoms with E-state index in [0.29, 0.717) is 13.0 Å². The van der Waals surface area contributed by atoms with Gasteiger partial charge in [-0.1, -0.05) is 58.3 Å². The Balaban J connectivity index is 4.05. The summed E-state index contributed by atoms with van der Waals surface area (Å²) in [6, 6.07) is -0.518. The Morgan fingerprint density at radius 3 is 1.97 bits per heavy atom. The van der Waals surface area contributed by atoms with E-state index in [1.165, 1.54) is 52.4 Å². The molecule has 168 valence electrons. The number of rotatable bonds is 19. The maximum atomic E-state index is 12.3. The number of unbranched alkanes of at least 4 members (excludes halogenated alkanes) is 8. The summed E-state index contributed by atoms with van der Waals surface area (Å²) < 4.78 is 0. The number of nitrogens with one attached hydrogen (secondary N) is 2. The van der Waals surface area contributed by atoms with E-state index in [2.05, 4.69) is 17.6 Å². The average molecular weight is 411 g/mol. The maximum absolute atomic E-state index is 12.3. The summed E-state index contributed by atoms with van der Waals surface area (Å²) in [5.74, 6) is -0.660. The maximum Gasteiger partial charge on any atom is 0.221 e. The largest absolute Gasteiger partial charge is 0.356 e. The summed E-state index contributed by atoms with van der Waals surface area (Å²) in [6.07, 6.45) is 13.4. The first kappa shape index (κ1) is 27.3. The predicted molar refractivity (Wildman–Crippen MR) is 117 cm³/mol. The molecule has 0 aliphatic rings. The van der Waals surface area contributed by atoms with E-state index in [4.69, 9.17) is 0 Å². The lowest BCUT2D eigenvalue weighted by Gasteiger charge is -2.17. The van der Waals surface area contributed by atoms with Gasteiger partial charge >= 0.3 is 0 Å². The van der Waals surface area contributed by atoms with Gasteiger partial charge in [-0.05, 0) is 32.6 Å². The molecule has 0 aromatic rings. The molecule has 2 amide bonds. The first-order chi connectivity index (χ1) is 13.9. The van der Waals surface area contributed by atoms with Crippen LogP contribution in [-0.4, -0.2) is 36.5 Å². The highest BCUT2D eigenvalue weighted by molar-refractivity contribution is 5.88. The van der Waals surface area contributed by atoms with Gasteiger partial charge in [0.25, 0.3) is 0 Å². The number of aldehydes is 1. The highest BCUT2D eigenvalue weighted by Crippen LogP contribution is 2.15. The average Bonchev–Trinajstić information content (AvgIpc) is 2.67. The van der Waals surface area contributed by atoms with E-state index in [1.54, 1.807) is 0 Å². The molecule has 6 nitrogen and oxygen atoms in total. The highest BCUT2D eigenvalue weighted by atomic mass is 16.2. The van der Waals surface area contributed by atoms with Gasteiger partial charge < -0.3 is 15.4 Å². The van der Waals surface area contributed by atoms with Crippen LogP contribution in [-0.2, 0) is 19.2 Å². The predicted octanol–water partition coefficient (Wildman–Crippen LogP) is 4.10. The van der Waals surface area contributed by atoms with Crippen molar-refractivity contribution >= 4 is 23.9 Å². The van der Waals surface area contributed by atoms with Gasteiger partial charge in [0.15, 0.2) is 5.78 Å². The lowest BCUT2D eigenvalue weighted by Crippen LogP contribution is -2.40. The van der Waals surface area contributed by atoms with Crippen molar-refractivity contribution < 1.29 is 19.2 Å². The number of carbonyl (C=O) groups is 4. The molecule has 0 radical (unpaired) electrons. The molecule has 6 heteroatoms. The van der Waals surface area contributed by atoms with E-state index in [0.717, 1.165) is 38.4 Å². The third kappa shape index (κ3) is 16.9. The fourth-order valence-corrected chi connectivity index (χ4v) is 3.36. The number of carbonyl (C=O) groups excluding carboxylic acids is 4. The van der Waals surface area contributed by atoms with Crippen LogP contribution in [0, 0.1) is 5.92 Å². The standard InChI is InChI=1S/C23H42N2O4/c1-4-5-6-7-8-9-10-11-14-21(18-26)17-23(29)25-22(19(2)27)15-12-13-16-24-20(3)28/h18,21-22H,4-17H2,1-3H3,(H,24,28)(H,25,29). The molecule has 0 spiro atoms. The van der Waals surface area contributed by atoms with Crippen LogP contribution in [0.5, 0.6) is 0 Å². The molecular weight excluding hydrogens is 368 g/mol. The zero-order valence-corrected chi connectivity index (χ0v) is 18.8. The van der Waals surface area contributed by atoms with Crippen molar-refractivity contribution in [3.8, 4) is 0 Å².